The third-order valence-corrected chi connectivity index (χ3v) is 4.10. The van der Waals surface area contributed by atoms with Crippen molar-refractivity contribution in [2.24, 2.45) is 11.8 Å². The molecule has 2 aliphatic heterocycles. The Hall–Kier alpha value is -0.320. The maximum atomic E-state index is 11.0. The van der Waals surface area contributed by atoms with E-state index in [0.29, 0.717) is 6.42 Å². The number of piperidine rings is 1. The third kappa shape index (κ3) is 4.41. The molecule has 2 heterocycles. The summed E-state index contributed by atoms with van der Waals surface area (Å²) in [5.41, 5.74) is 0. The molecule has 2 saturated heterocycles. The average Bonchev–Trinajstić information content (AvgIpc) is 2.27. The Bertz CT molecular complexity index is 259. The highest BCUT2D eigenvalue weighted by Crippen LogP contribution is 2.26. The van der Waals surface area contributed by atoms with Crippen molar-refractivity contribution in [1.29, 1.82) is 0 Å². The number of hydrogen-bond acceptors (Lipinski definition) is 4. The zero-order valence-electron chi connectivity index (χ0n) is 11.2. The summed E-state index contributed by atoms with van der Waals surface area (Å²) in [5.74, 6) is 1.70. The summed E-state index contributed by atoms with van der Waals surface area (Å²) >= 11 is 0. The summed E-state index contributed by atoms with van der Waals surface area (Å²) in [6.07, 6.45) is 4.20. The molecule has 1 N–H and O–H groups in total. The van der Waals surface area contributed by atoms with Gasteiger partial charge in [-0.2, -0.15) is 0 Å². The predicted molar refractivity (Wildman–Crippen MR) is 74.0 cm³/mol. The van der Waals surface area contributed by atoms with E-state index in [9.17, 15) is 4.79 Å². The number of nitrogens with zero attached hydrogens (tertiary/aromatic N) is 1. The SMILES string of the molecule is COC(=O)CCCN1CCCC(C2CNC2)C1.Cl. The van der Waals surface area contributed by atoms with Crippen LogP contribution in [0.5, 0.6) is 0 Å². The highest BCUT2D eigenvalue weighted by atomic mass is 35.5. The van der Waals surface area contributed by atoms with Gasteiger partial charge in [0.15, 0.2) is 0 Å². The number of ether oxygens (including phenoxy) is 1. The first kappa shape index (κ1) is 15.7. The molecule has 2 aliphatic rings. The van der Waals surface area contributed by atoms with Crippen molar-refractivity contribution in [3.8, 4) is 0 Å². The van der Waals surface area contributed by atoms with Gasteiger partial charge < -0.3 is 15.0 Å². The van der Waals surface area contributed by atoms with Gasteiger partial charge in [0, 0.05) is 13.0 Å². The quantitative estimate of drug-likeness (QED) is 0.769. The van der Waals surface area contributed by atoms with Gasteiger partial charge in [-0.3, -0.25) is 4.79 Å². The molecule has 106 valence electrons. The topological polar surface area (TPSA) is 41.6 Å². The van der Waals surface area contributed by atoms with Gasteiger partial charge in [-0.05, 0) is 57.3 Å². The third-order valence-electron chi connectivity index (χ3n) is 4.10. The number of nitrogens with one attached hydrogen (secondary N) is 1. The Morgan fingerprint density at radius 1 is 1.39 bits per heavy atom. The number of halogens is 1. The lowest BCUT2D eigenvalue weighted by Gasteiger charge is -2.41. The predicted octanol–water partition coefficient (Wildman–Crippen LogP) is 1.29. The fourth-order valence-corrected chi connectivity index (χ4v) is 2.87. The smallest absolute Gasteiger partial charge is 0.305 e. The van der Waals surface area contributed by atoms with Crippen molar-refractivity contribution in [3.63, 3.8) is 0 Å². The van der Waals surface area contributed by atoms with Gasteiger partial charge in [0.05, 0.1) is 7.11 Å². The van der Waals surface area contributed by atoms with Crippen LogP contribution in [0.4, 0.5) is 0 Å². The molecule has 0 aromatic carbocycles. The van der Waals surface area contributed by atoms with E-state index in [-0.39, 0.29) is 18.4 Å². The van der Waals surface area contributed by atoms with Gasteiger partial charge in [0.25, 0.3) is 0 Å². The minimum absolute atomic E-state index is 0. The van der Waals surface area contributed by atoms with Crippen LogP contribution in [0.3, 0.4) is 0 Å². The molecule has 5 heteroatoms. The van der Waals surface area contributed by atoms with Gasteiger partial charge in [-0.25, -0.2) is 0 Å². The molecule has 0 radical (unpaired) electrons. The standard InChI is InChI=1S/C13H24N2O2.ClH/c1-17-13(16)5-3-7-15-6-2-4-11(10-15)12-8-14-9-12;/h11-12,14H,2-10H2,1H3;1H. The first-order valence-corrected chi connectivity index (χ1v) is 6.79. The van der Waals surface area contributed by atoms with Crippen molar-refractivity contribution in [2.45, 2.75) is 25.7 Å². The van der Waals surface area contributed by atoms with Gasteiger partial charge in [-0.15, -0.1) is 12.4 Å². The Balaban J connectivity index is 0.00000162. The molecule has 0 amide bonds. The van der Waals surface area contributed by atoms with Crippen LogP contribution in [0.25, 0.3) is 0 Å². The molecule has 0 saturated carbocycles. The van der Waals surface area contributed by atoms with Crippen molar-refractivity contribution < 1.29 is 9.53 Å². The van der Waals surface area contributed by atoms with Crippen molar-refractivity contribution in [3.05, 3.63) is 0 Å². The monoisotopic (exact) mass is 276 g/mol. The first-order valence-electron chi connectivity index (χ1n) is 6.79. The largest absolute Gasteiger partial charge is 0.469 e. The average molecular weight is 277 g/mol. The zero-order chi connectivity index (χ0) is 12.1. The normalized spacial score (nSPS) is 25.1. The van der Waals surface area contributed by atoms with Gasteiger partial charge in [0.1, 0.15) is 0 Å². The summed E-state index contributed by atoms with van der Waals surface area (Å²) in [6.45, 7) is 5.90. The first-order chi connectivity index (χ1) is 8.29. The molecular formula is C13H25ClN2O2. The van der Waals surface area contributed by atoms with Gasteiger partial charge in [-0.1, -0.05) is 0 Å². The summed E-state index contributed by atoms with van der Waals surface area (Å²) < 4.78 is 4.66. The number of rotatable bonds is 5. The summed E-state index contributed by atoms with van der Waals surface area (Å²) in [5, 5.41) is 3.36. The minimum Gasteiger partial charge on any atom is -0.469 e. The van der Waals surface area contributed by atoms with Crippen molar-refractivity contribution >= 4 is 18.4 Å². The Kier molecular flexibility index (Phi) is 6.97. The molecule has 18 heavy (non-hydrogen) atoms. The second-order valence-electron chi connectivity index (χ2n) is 5.30. The van der Waals surface area contributed by atoms with E-state index < -0.39 is 0 Å². The van der Waals surface area contributed by atoms with Crippen LogP contribution >= 0.6 is 12.4 Å². The number of carbonyl (C=O) groups excluding carboxylic acids is 1. The highest BCUT2D eigenvalue weighted by Gasteiger charge is 2.30. The molecule has 2 fully saturated rings. The molecule has 0 aromatic heterocycles. The summed E-state index contributed by atoms with van der Waals surface area (Å²) in [6, 6.07) is 0. The molecular weight excluding hydrogens is 252 g/mol. The van der Waals surface area contributed by atoms with E-state index in [2.05, 4.69) is 15.0 Å². The van der Waals surface area contributed by atoms with Crippen LogP contribution in [0.1, 0.15) is 25.7 Å². The van der Waals surface area contributed by atoms with E-state index >= 15 is 0 Å². The van der Waals surface area contributed by atoms with E-state index in [4.69, 9.17) is 0 Å². The number of carbonyl (C=O) groups is 1. The molecule has 0 bridgehead atoms. The molecule has 1 atom stereocenters. The molecule has 2 rings (SSSR count). The van der Waals surface area contributed by atoms with E-state index in [1.807, 2.05) is 0 Å². The van der Waals surface area contributed by atoms with E-state index in [1.54, 1.807) is 0 Å². The molecule has 1 unspecified atom stereocenters. The lowest BCUT2D eigenvalue weighted by molar-refractivity contribution is -0.140. The lowest BCUT2D eigenvalue weighted by Crippen LogP contribution is -2.51. The Morgan fingerprint density at radius 3 is 2.78 bits per heavy atom. The minimum atomic E-state index is -0.0817. The second-order valence-corrected chi connectivity index (χ2v) is 5.30. The van der Waals surface area contributed by atoms with Crippen LogP contribution < -0.4 is 5.32 Å². The molecule has 0 aliphatic carbocycles. The fourth-order valence-electron chi connectivity index (χ4n) is 2.87. The molecule has 4 nitrogen and oxygen atoms in total. The second kappa shape index (κ2) is 7.97. The van der Waals surface area contributed by atoms with Crippen molar-refractivity contribution in [2.75, 3.05) is 39.8 Å². The lowest BCUT2D eigenvalue weighted by atomic mass is 9.82. The van der Waals surface area contributed by atoms with Crippen LogP contribution in [0.2, 0.25) is 0 Å². The summed E-state index contributed by atoms with van der Waals surface area (Å²) in [7, 11) is 1.46. The fraction of sp³-hybridized carbons (Fsp3) is 0.923. The maximum Gasteiger partial charge on any atom is 0.305 e. The number of esters is 1. The van der Waals surface area contributed by atoms with Gasteiger partial charge in [0.2, 0.25) is 0 Å². The number of methoxy groups -OCH3 is 1. The van der Waals surface area contributed by atoms with Crippen LogP contribution in [-0.4, -0.2) is 50.7 Å². The number of likely N-dealkylation sites (tertiary alicyclic amines) is 1. The van der Waals surface area contributed by atoms with E-state index in [1.165, 1.54) is 46.1 Å². The van der Waals surface area contributed by atoms with E-state index in [0.717, 1.165) is 24.8 Å². The van der Waals surface area contributed by atoms with Crippen LogP contribution in [0.15, 0.2) is 0 Å². The Morgan fingerprint density at radius 2 is 2.17 bits per heavy atom. The molecule has 0 spiro atoms. The maximum absolute atomic E-state index is 11.0. The Labute approximate surface area is 116 Å². The summed E-state index contributed by atoms with van der Waals surface area (Å²) in [4.78, 5) is 13.6. The van der Waals surface area contributed by atoms with Crippen LogP contribution in [-0.2, 0) is 9.53 Å². The van der Waals surface area contributed by atoms with Crippen molar-refractivity contribution in [1.82, 2.24) is 10.2 Å². The number of hydrogen-bond donors (Lipinski definition) is 1. The molecule has 0 aromatic rings. The van der Waals surface area contributed by atoms with Crippen LogP contribution in [0, 0.1) is 11.8 Å². The van der Waals surface area contributed by atoms with Gasteiger partial charge >= 0.3 is 5.97 Å². The zero-order valence-corrected chi connectivity index (χ0v) is 12.0. The highest BCUT2D eigenvalue weighted by molar-refractivity contribution is 5.85.